The lowest BCUT2D eigenvalue weighted by molar-refractivity contribution is -0.00519. The third kappa shape index (κ3) is 2.25. The Morgan fingerprint density at radius 2 is 1.59 bits per heavy atom. The maximum absolute atomic E-state index is 9.28. The summed E-state index contributed by atoms with van der Waals surface area (Å²) in [5.41, 5.74) is 4.26. The molecule has 1 atom stereocenters. The van der Waals surface area contributed by atoms with E-state index in [1.165, 1.54) is 44.1 Å². The molecule has 0 heterocycles. The van der Waals surface area contributed by atoms with E-state index in [0.717, 1.165) is 23.3 Å². The molecular weight excluding hydrogens is 268 g/mol. The Hall–Kier alpha value is -1.08. The molecule has 1 heteroatoms. The van der Waals surface area contributed by atoms with Gasteiger partial charge in [0.25, 0.3) is 0 Å². The van der Waals surface area contributed by atoms with Gasteiger partial charge in [0, 0.05) is 5.92 Å². The predicted octanol–water partition coefficient (Wildman–Crippen LogP) is 4.81. The van der Waals surface area contributed by atoms with Crippen molar-refractivity contribution >= 4 is 0 Å². The van der Waals surface area contributed by atoms with E-state index in [1.807, 2.05) is 0 Å². The molecule has 1 aromatic rings. The Morgan fingerprint density at radius 3 is 2.05 bits per heavy atom. The monoisotopic (exact) mass is 296 g/mol. The highest BCUT2D eigenvalue weighted by atomic mass is 16.3. The van der Waals surface area contributed by atoms with Crippen molar-refractivity contribution in [2.45, 2.75) is 56.8 Å². The summed E-state index contributed by atoms with van der Waals surface area (Å²) in [7, 11) is 0. The molecular formula is C21H28O. The van der Waals surface area contributed by atoms with Gasteiger partial charge in [0.15, 0.2) is 0 Å². The zero-order valence-electron chi connectivity index (χ0n) is 13.7. The molecule has 0 aliphatic heterocycles. The van der Waals surface area contributed by atoms with Crippen molar-refractivity contribution in [1.82, 2.24) is 0 Å². The van der Waals surface area contributed by atoms with Crippen LogP contribution >= 0.6 is 0 Å². The second-order valence-corrected chi connectivity index (χ2v) is 8.36. The number of aliphatic hydroxyl groups is 1. The molecule has 0 spiro atoms. The van der Waals surface area contributed by atoms with Crippen molar-refractivity contribution in [2.75, 3.05) is 6.61 Å². The Labute approximate surface area is 134 Å². The van der Waals surface area contributed by atoms with E-state index in [9.17, 15) is 5.11 Å². The number of benzene rings is 1. The van der Waals surface area contributed by atoms with Gasteiger partial charge in [0.1, 0.15) is 0 Å². The molecule has 4 fully saturated rings. The second-order valence-electron chi connectivity index (χ2n) is 8.36. The lowest BCUT2D eigenvalue weighted by atomic mass is 9.48. The topological polar surface area (TPSA) is 20.2 Å². The van der Waals surface area contributed by atoms with Gasteiger partial charge in [0.2, 0.25) is 0 Å². The lowest BCUT2D eigenvalue weighted by Gasteiger charge is -2.57. The number of hydrogen-bond donors (Lipinski definition) is 1. The average Bonchev–Trinajstić information content (AvgIpc) is 2.52. The van der Waals surface area contributed by atoms with E-state index in [-0.39, 0.29) is 12.5 Å². The molecule has 1 N–H and O–H groups in total. The van der Waals surface area contributed by atoms with Crippen molar-refractivity contribution in [1.29, 1.82) is 0 Å². The van der Waals surface area contributed by atoms with Gasteiger partial charge >= 0.3 is 0 Å². The van der Waals surface area contributed by atoms with Gasteiger partial charge in [-0.1, -0.05) is 37.8 Å². The summed E-state index contributed by atoms with van der Waals surface area (Å²) in [5.74, 6) is 3.24. The summed E-state index contributed by atoms with van der Waals surface area (Å²) in [6.07, 6.45) is 8.80. The average molecular weight is 296 g/mol. The fourth-order valence-electron chi connectivity index (χ4n) is 5.96. The molecule has 22 heavy (non-hydrogen) atoms. The maximum atomic E-state index is 9.28. The number of hydrogen-bond acceptors (Lipinski definition) is 1. The summed E-state index contributed by atoms with van der Waals surface area (Å²) >= 11 is 0. The molecule has 1 aromatic carbocycles. The normalized spacial score (nSPS) is 37.3. The molecule has 4 bridgehead atoms. The molecule has 0 aromatic heterocycles. The van der Waals surface area contributed by atoms with E-state index < -0.39 is 0 Å². The molecule has 4 aliphatic rings. The van der Waals surface area contributed by atoms with E-state index >= 15 is 0 Å². The summed E-state index contributed by atoms with van der Waals surface area (Å²) in [4.78, 5) is 0. The fraction of sp³-hybridized carbons (Fsp3) is 0.619. The standard InChI is InChI=1S/C21H28O/c1-14(13-22)15(2)19-3-5-20(6-4-19)21-10-16-7-17(11-21)9-18(8-16)12-21/h3-6,15-18,22H,1,7-13H2,2H3. The van der Waals surface area contributed by atoms with E-state index in [0.29, 0.717) is 5.41 Å². The summed E-state index contributed by atoms with van der Waals surface area (Å²) < 4.78 is 0. The molecule has 4 saturated carbocycles. The summed E-state index contributed by atoms with van der Waals surface area (Å²) in [6, 6.07) is 9.31. The minimum absolute atomic E-state index is 0.0812. The molecule has 1 nitrogen and oxygen atoms in total. The molecule has 0 amide bonds. The van der Waals surface area contributed by atoms with Crippen LogP contribution in [0.2, 0.25) is 0 Å². The van der Waals surface area contributed by atoms with E-state index in [1.54, 1.807) is 5.56 Å². The van der Waals surface area contributed by atoms with Crippen LogP contribution in [-0.2, 0) is 5.41 Å². The highest BCUT2D eigenvalue weighted by molar-refractivity contribution is 5.35. The predicted molar refractivity (Wildman–Crippen MR) is 90.9 cm³/mol. The number of aliphatic hydroxyl groups excluding tert-OH is 1. The van der Waals surface area contributed by atoms with Crippen molar-refractivity contribution in [3.8, 4) is 0 Å². The minimum atomic E-state index is 0.0812. The number of rotatable bonds is 4. The first-order chi connectivity index (χ1) is 10.6. The van der Waals surface area contributed by atoms with Gasteiger partial charge in [-0.2, -0.15) is 0 Å². The van der Waals surface area contributed by atoms with Gasteiger partial charge in [-0.3, -0.25) is 0 Å². The Bertz CT molecular complexity index is 533. The lowest BCUT2D eigenvalue weighted by Crippen LogP contribution is -2.48. The first-order valence-electron chi connectivity index (χ1n) is 8.98. The molecule has 1 unspecified atom stereocenters. The first kappa shape index (κ1) is 14.5. The van der Waals surface area contributed by atoms with Crippen molar-refractivity contribution in [3.63, 3.8) is 0 Å². The molecule has 0 radical (unpaired) electrons. The van der Waals surface area contributed by atoms with Crippen LogP contribution in [0.5, 0.6) is 0 Å². The molecule has 5 rings (SSSR count). The smallest absolute Gasteiger partial charge is 0.0645 e. The minimum Gasteiger partial charge on any atom is -0.392 e. The van der Waals surface area contributed by atoms with Crippen LogP contribution < -0.4 is 0 Å². The van der Waals surface area contributed by atoms with Crippen LogP contribution in [0, 0.1) is 17.8 Å². The first-order valence-corrected chi connectivity index (χ1v) is 8.98. The van der Waals surface area contributed by atoms with Crippen LogP contribution in [0.3, 0.4) is 0 Å². The highest BCUT2D eigenvalue weighted by Crippen LogP contribution is 2.60. The summed E-state index contributed by atoms with van der Waals surface area (Å²) in [6.45, 7) is 6.19. The SMILES string of the molecule is C=C(CO)C(C)c1ccc(C23CC4CC(CC(C4)C2)C3)cc1. The van der Waals surface area contributed by atoms with Crippen molar-refractivity contribution in [2.24, 2.45) is 17.8 Å². The molecule has 4 aliphatic carbocycles. The van der Waals surface area contributed by atoms with Gasteiger partial charge in [-0.25, -0.2) is 0 Å². The third-order valence-electron chi connectivity index (χ3n) is 6.88. The Morgan fingerprint density at radius 1 is 1.09 bits per heavy atom. The van der Waals surface area contributed by atoms with Gasteiger partial charge in [-0.05, 0) is 78.4 Å². The third-order valence-corrected chi connectivity index (χ3v) is 6.88. The summed E-state index contributed by atoms with van der Waals surface area (Å²) in [5, 5.41) is 9.28. The van der Waals surface area contributed by atoms with Gasteiger partial charge in [0.05, 0.1) is 6.61 Å². The quantitative estimate of drug-likeness (QED) is 0.791. The van der Waals surface area contributed by atoms with Crippen LogP contribution in [0.4, 0.5) is 0 Å². The zero-order chi connectivity index (χ0) is 15.3. The molecule has 0 saturated heterocycles. The van der Waals surface area contributed by atoms with Crippen LogP contribution in [-0.4, -0.2) is 11.7 Å². The van der Waals surface area contributed by atoms with Crippen molar-refractivity contribution in [3.05, 3.63) is 47.5 Å². The van der Waals surface area contributed by atoms with Gasteiger partial charge < -0.3 is 5.11 Å². The van der Waals surface area contributed by atoms with Gasteiger partial charge in [-0.15, -0.1) is 0 Å². The van der Waals surface area contributed by atoms with E-state index in [2.05, 4.69) is 37.8 Å². The zero-order valence-corrected chi connectivity index (χ0v) is 13.7. The maximum Gasteiger partial charge on any atom is 0.0645 e. The Balaban J connectivity index is 1.60. The Kier molecular flexibility index (Phi) is 3.45. The fourth-order valence-corrected chi connectivity index (χ4v) is 5.96. The van der Waals surface area contributed by atoms with Crippen LogP contribution in [0.1, 0.15) is 62.5 Å². The molecule has 118 valence electrons. The van der Waals surface area contributed by atoms with E-state index in [4.69, 9.17) is 0 Å². The van der Waals surface area contributed by atoms with Crippen molar-refractivity contribution < 1.29 is 5.11 Å². The largest absolute Gasteiger partial charge is 0.392 e. The highest BCUT2D eigenvalue weighted by Gasteiger charge is 2.51. The van der Waals surface area contributed by atoms with Crippen LogP contribution in [0.15, 0.2) is 36.4 Å². The van der Waals surface area contributed by atoms with Crippen LogP contribution in [0.25, 0.3) is 0 Å². The second kappa shape index (κ2) is 5.23.